The molecule has 3 amide bonds. The Hall–Kier alpha value is -4.84. The highest BCUT2D eigenvalue weighted by Gasteiger charge is 2.39. The molecule has 2 N–H and O–H groups in total. The Kier molecular flexibility index (Phi) is 8.33. The molecule has 0 saturated carbocycles. The SMILES string of the molecule is COC(=O)C1=C(C)N(c2cccc(C(F)(F)F)c2)C(=O)/C1=C/c1ccc(CNC(=O)C(=O)Nc2cccc(Cl)c2)o1. The van der Waals surface area contributed by atoms with Crippen molar-refractivity contribution in [3.63, 3.8) is 0 Å². The monoisotopic (exact) mass is 587 g/mol. The number of hydrogen-bond acceptors (Lipinski definition) is 6. The Bertz CT molecular complexity index is 1610. The normalized spacial score (nSPS) is 14.4. The average Bonchev–Trinajstić information content (AvgIpc) is 3.47. The maximum atomic E-state index is 13.4. The van der Waals surface area contributed by atoms with Crippen LogP contribution in [0.1, 0.15) is 24.0 Å². The summed E-state index contributed by atoms with van der Waals surface area (Å²) in [5.74, 6) is -3.22. The molecule has 0 spiro atoms. The van der Waals surface area contributed by atoms with E-state index in [1.165, 1.54) is 37.3 Å². The number of esters is 1. The van der Waals surface area contributed by atoms with Gasteiger partial charge in [-0.05, 0) is 61.5 Å². The number of anilines is 2. The zero-order valence-corrected chi connectivity index (χ0v) is 22.2. The van der Waals surface area contributed by atoms with Gasteiger partial charge in [0, 0.05) is 22.1 Å². The van der Waals surface area contributed by atoms with Gasteiger partial charge in [0.15, 0.2) is 0 Å². The molecule has 9 nitrogen and oxygen atoms in total. The highest BCUT2D eigenvalue weighted by atomic mass is 35.5. The number of nitrogens with one attached hydrogen (secondary N) is 2. The molecule has 2 aromatic carbocycles. The van der Waals surface area contributed by atoms with Gasteiger partial charge in [0.05, 0.1) is 30.4 Å². The van der Waals surface area contributed by atoms with Gasteiger partial charge in [-0.15, -0.1) is 0 Å². The second-order valence-corrected chi connectivity index (χ2v) is 9.09. The Balaban J connectivity index is 1.52. The predicted octanol–water partition coefficient (Wildman–Crippen LogP) is 5.08. The summed E-state index contributed by atoms with van der Waals surface area (Å²) in [5.41, 5.74) is -0.985. The minimum atomic E-state index is -4.64. The molecule has 3 aromatic rings. The molecule has 0 radical (unpaired) electrons. The predicted molar refractivity (Wildman–Crippen MR) is 142 cm³/mol. The molecule has 0 unspecified atom stereocenters. The van der Waals surface area contributed by atoms with Crippen LogP contribution in [0.15, 0.2) is 81.9 Å². The maximum absolute atomic E-state index is 13.4. The largest absolute Gasteiger partial charge is 0.465 e. The third-order valence-electron chi connectivity index (χ3n) is 5.90. The molecule has 0 saturated heterocycles. The highest BCUT2D eigenvalue weighted by molar-refractivity contribution is 6.39. The second kappa shape index (κ2) is 11.7. The summed E-state index contributed by atoms with van der Waals surface area (Å²) in [5, 5.41) is 5.17. The van der Waals surface area contributed by atoms with E-state index in [9.17, 15) is 32.3 Å². The summed E-state index contributed by atoms with van der Waals surface area (Å²) in [6.45, 7) is 1.22. The second-order valence-electron chi connectivity index (χ2n) is 8.65. The standard InChI is InChI=1S/C28H21ClF3N3O6/c1-15-23(27(39)40-2)22(26(38)35(15)19-8-3-5-16(11-19)28(30,31)32)13-20-9-10-21(41-20)14-33-24(36)25(37)34-18-7-4-6-17(29)12-18/h3-13H,14H2,1-2H3,(H,33,36)(H,34,37)/b22-13+. The number of hydrogen-bond donors (Lipinski definition) is 2. The van der Waals surface area contributed by atoms with E-state index in [0.29, 0.717) is 10.7 Å². The summed E-state index contributed by atoms with van der Waals surface area (Å²) in [6.07, 6.45) is -3.40. The number of halogens is 4. The van der Waals surface area contributed by atoms with Crippen molar-refractivity contribution in [1.29, 1.82) is 0 Å². The van der Waals surface area contributed by atoms with Crippen LogP contribution in [0.25, 0.3) is 6.08 Å². The van der Waals surface area contributed by atoms with E-state index in [1.807, 2.05) is 0 Å². The lowest BCUT2D eigenvalue weighted by atomic mass is 10.1. The van der Waals surface area contributed by atoms with Gasteiger partial charge in [0.25, 0.3) is 5.91 Å². The molecule has 0 bridgehead atoms. The van der Waals surface area contributed by atoms with Gasteiger partial charge in [-0.1, -0.05) is 23.7 Å². The first-order valence-corrected chi connectivity index (χ1v) is 12.2. The summed E-state index contributed by atoms with van der Waals surface area (Å²) in [6, 6.07) is 13.3. The molecule has 0 fully saturated rings. The van der Waals surface area contributed by atoms with Crippen LogP contribution < -0.4 is 15.5 Å². The van der Waals surface area contributed by atoms with Gasteiger partial charge >= 0.3 is 24.0 Å². The molecule has 4 rings (SSSR count). The minimum Gasteiger partial charge on any atom is -0.465 e. The van der Waals surface area contributed by atoms with Crippen molar-refractivity contribution < 1.29 is 41.5 Å². The first-order chi connectivity index (χ1) is 19.4. The number of benzene rings is 2. The van der Waals surface area contributed by atoms with E-state index in [4.69, 9.17) is 20.8 Å². The number of carbonyl (C=O) groups is 4. The molecule has 0 atom stereocenters. The fraction of sp³-hybridized carbons (Fsp3) is 0.143. The van der Waals surface area contributed by atoms with Crippen LogP contribution in [0.4, 0.5) is 24.5 Å². The topological polar surface area (TPSA) is 118 Å². The van der Waals surface area contributed by atoms with E-state index in [-0.39, 0.29) is 40.6 Å². The minimum absolute atomic E-state index is 0.0668. The summed E-state index contributed by atoms with van der Waals surface area (Å²) < 4.78 is 50.3. The number of rotatable bonds is 6. The van der Waals surface area contributed by atoms with Gasteiger partial charge < -0.3 is 19.8 Å². The Morgan fingerprint density at radius 3 is 2.46 bits per heavy atom. The molecule has 212 valence electrons. The molecule has 1 aromatic heterocycles. The fourth-order valence-corrected chi connectivity index (χ4v) is 4.21. The lowest BCUT2D eigenvalue weighted by molar-refractivity contribution is -0.137. The molecule has 0 aliphatic carbocycles. The smallest absolute Gasteiger partial charge is 0.416 e. The number of amides is 3. The number of nitrogens with zero attached hydrogens (tertiary/aromatic N) is 1. The molecule has 1 aliphatic heterocycles. The van der Waals surface area contributed by atoms with Crippen LogP contribution in [-0.2, 0) is 36.6 Å². The van der Waals surface area contributed by atoms with Crippen molar-refractivity contribution in [2.45, 2.75) is 19.6 Å². The number of ether oxygens (including phenoxy) is 1. The van der Waals surface area contributed by atoms with Crippen LogP contribution in [-0.4, -0.2) is 30.8 Å². The van der Waals surface area contributed by atoms with E-state index < -0.39 is 35.4 Å². The lowest BCUT2D eigenvalue weighted by Crippen LogP contribution is -2.34. The number of furan rings is 1. The molecule has 1 aliphatic rings. The van der Waals surface area contributed by atoms with Gasteiger partial charge in [0.2, 0.25) is 0 Å². The highest BCUT2D eigenvalue weighted by Crippen LogP contribution is 2.38. The van der Waals surface area contributed by atoms with Crippen molar-refractivity contribution in [3.05, 3.63) is 99.6 Å². The van der Waals surface area contributed by atoms with Crippen LogP contribution >= 0.6 is 11.6 Å². The van der Waals surface area contributed by atoms with E-state index in [1.54, 1.807) is 18.2 Å². The van der Waals surface area contributed by atoms with Crippen molar-refractivity contribution in [3.8, 4) is 0 Å². The molecule has 41 heavy (non-hydrogen) atoms. The first-order valence-electron chi connectivity index (χ1n) is 11.9. The van der Waals surface area contributed by atoms with Crippen molar-refractivity contribution in [2.24, 2.45) is 0 Å². The number of methoxy groups -OCH3 is 1. The fourth-order valence-electron chi connectivity index (χ4n) is 4.02. The summed E-state index contributed by atoms with van der Waals surface area (Å²) >= 11 is 5.86. The lowest BCUT2D eigenvalue weighted by Gasteiger charge is -2.19. The maximum Gasteiger partial charge on any atom is 0.416 e. The number of carbonyl (C=O) groups excluding carboxylic acids is 4. The van der Waals surface area contributed by atoms with E-state index >= 15 is 0 Å². The van der Waals surface area contributed by atoms with Crippen molar-refractivity contribution >= 4 is 52.7 Å². The number of alkyl halides is 3. The Morgan fingerprint density at radius 1 is 1.05 bits per heavy atom. The van der Waals surface area contributed by atoms with E-state index in [2.05, 4.69) is 10.6 Å². The molecule has 13 heteroatoms. The van der Waals surface area contributed by atoms with Crippen LogP contribution in [0.3, 0.4) is 0 Å². The summed E-state index contributed by atoms with van der Waals surface area (Å²) in [4.78, 5) is 51.2. The molecular weight excluding hydrogens is 567 g/mol. The zero-order chi connectivity index (χ0) is 29.9. The number of allylic oxidation sites excluding steroid dienone is 1. The average molecular weight is 588 g/mol. The van der Waals surface area contributed by atoms with Crippen LogP contribution in [0.2, 0.25) is 5.02 Å². The van der Waals surface area contributed by atoms with E-state index in [0.717, 1.165) is 30.2 Å². The quantitative estimate of drug-likeness (QED) is 0.236. The third-order valence-corrected chi connectivity index (χ3v) is 6.14. The van der Waals surface area contributed by atoms with Gasteiger partial charge in [-0.25, -0.2) is 4.79 Å². The van der Waals surface area contributed by atoms with Gasteiger partial charge in [-0.3, -0.25) is 19.3 Å². The summed E-state index contributed by atoms with van der Waals surface area (Å²) in [7, 11) is 1.11. The Morgan fingerprint density at radius 2 is 1.78 bits per heavy atom. The van der Waals surface area contributed by atoms with Crippen molar-refractivity contribution in [2.75, 3.05) is 17.3 Å². The molecule has 2 heterocycles. The van der Waals surface area contributed by atoms with Crippen LogP contribution in [0, 0.1) is 0 Å². The van der Waals surface area contributed by atoms with Gasteiger partial charge in [-0.2, -0.15) is 13.2 Å². The first kappa shape index (κ1) is 29.2. The zero-order valence-electron chi connectivity index (χ0n) is 21.5. The van der Waals surface area contributed by atoms with Crippen LogP contribution in [0.5, 0.6) is 0 Å². The molecular formula is C28H21ClF3N3O6. The van der Waals surface area contributed by atoms with Crippen molar-refractivity contribution in [1.82, 2.24) is 5.32 Å². The Labute approximate surface area is 236 Å². The van der Waals surface area contributed by atoms with Gasteiger partial charge in [0.1, 0.15) is 11.5 Å². The third kappa shape index (κ3) is 6.49.